The second-order valence-corrected chi connectivity index (χ2v) is 6.91. The molecule has 0 atom stereocenters. The Bertz CT molecular complexity index is 987. The first-order valence-electron chi connectivity index (χ1n) is 10.4. The van der Waals surface area contributed by atoms with Crippen LogP contribution in [0.1, 0.15) is 41.9 Å². The van der Waals surface area contributed by atoms with Gasteiger partial charge < -0.3 is 20.2 Å². The summed E-state index contributed by atoms with van der Waals surface area (Å²) in [6, 6.07) is 8.77. The third kappa shape index (κ3) is 8.28. The van der Waals surface area contributed by atoms with Gasteiger partial charge in [-0.15, -0.1) is 0 Å². The van der Waals surface area contributed by atoms with Crippen molar-refractivity contribution in [2.75, 3.05) is 26.0 Å². The Kier molecular flexibility index (Phi) is 11.9. The number of carbonyl (C=O) groups excluding carboxylic acids is 1. The number of hydrogen-bond donors (Lipinski definition) is 3. The number of benzene rings is 1. The van der Waals surface area contributed by atoms with Crippen molar-refractivity contribution in [3.63, 3.8) is 0 Å². The molecule has 2 heterocycles. The van der Waals surface area contributed by atoms with Gasteiger partial charge in [-0.3, -0.25) is 4.79 Å². The van der Waals surface area contributed by atoms with Gasteiger partial charge >= 0.3 is 0 Å². The Labute approximate surface area is 190 Å². The highest BCUT2D eigenvalue weighted by molar-refractivity contribution is 5.80. The van der Waals surface area contributed by atoms with E-state index in [1.54, 1.807) is 24.4 Å². The molecule has 1 aromatic carbocycles. The first-order valence-corrected chi connectivity index (χ1v) is 10.4. The molecule has 3 rings (SSSR count). The summed E-state index contributed by atoms with van der Waals surface area (Å²) < 4.78 is 6.42. The van der Waals surface area contributed by atoms with Crippen LogP contribution in [0.3, 0.4) is 0 Å². The molecule has 0 spiro atoms. The predicted molar refractivity (Wildman–Crippen MR) is 132 cm³/mol. The molecule has 0 radical (unpaired) electrons. The third-order valence-electron chi connectivity index (χ3n) is 4.43. The quantitative estimate of drug-likeness (QED) is 0.346. The minimum atomic E-state index is 0.231. The highest BCUT2D eigenvalue weighted by Gasteiger charge is 2.07. The monoisotopic (exact) mass is 438 g/mol. The van der Waals surface area contributed by atoms with Gasteiger partial charge in [0.25, 0.3) is 0 Å². The molecule has 0 amide bonds. The van der Waals surface area contributed by atoms with Crippen molar-refractivity contribution >= 4 is 23.2 Å². The molecular formula is C25H34N4O3. The van der Waals surface area contributed by atoms with E-state index in [-0.39, 0.29) is 5.75 Å². The van der Waals surface area contributed by atoms with E-state index in [1.165, 1.54) is 18.9 Å². The second-order valence-electron chi connectivity index (χ2n) is 6.91. The van der Waals surface area contributed by atoms with Gasteiger partial charge in [0, 0.05) is 18.3 Å². The maximum Gasteiger partial charge on any atom is 0.153 e. The van der Waals surface area contributed by atoms with Crippen LogP contribution < -0.4 is 10.6 Å². The van der Waals surface area contributed by atoms with Gasteiger partial charge in [-0.05, 0) is 57.6 Å². The standard InChI is InChI=1S/C16H19N3O.C5H4O2.C4H11N/c1-11(14-7-5-6-8-16(14)20)9-12(2)19-13(3)15(17-4)10-18-19;6-3-5-1-2-7-4-5;1-3-4-5-2/h5-10,17,20H,1H2,2-4H3;1-4H;5H,3-4H2,1-2H3/b12-9-;;. The highest BCUT2D eigenvalue weighted by Crippen LogP contribution is 2.26. The van der Waals surface area contributed by atoms with Crippen LogP contribution in [0.15, 0.2) is 66.1 Å². The molecule has 7 heteroatoms. The normalized spacial score (nSPS) is 10.3. The van der Waals surface area contributed by atoms with Crippen LogP contribution in [0.5, 0.6) is 5.75 Å². The van der Waals surface area contributed by atoms with Gasteiger partial charge in [0.15, 0.2) is 6.29 Å². The number of furan rings is 1. The SMILES string of the molecule is C=C(/C=C(/C)n1ncc(NC)c1C)c1ccccc1O.CCCNC.O=Cc1ccoc1. The van der Waals surface area contributed by atoms with Crippen LogP contribution in [0, 0.1) is 6.92 Å². The number of rotatable bonds is 7. The molecule has 0 aliphatic heterocycles. The molecule has 172 valence electrons. The summed E-state index contributed by atoms with van der Waals surface area (Å²) in [5.74, 6) is 0.231. The number of nitrogens with one attached hydrogen (secondary N) is 2. The first kappa shape index (κ1) is 26.5. The Morgan fingerprint density at radius 2 is 2.00 bits per heavy atom. The minimum Gasteiger partial charge on any atom is -0.507 e. The summed E-state index contributed by atoms with van der Waals surface area (Å²) in [5.41, 5.74) is 5.03. The number of hydrogen-bond acceptors (Lipinski definition) is 6. The summed E-state index contributed by atoms with van der Waals surface area (Å²) in [4.78, 5) is 9.81. The zero-order chi connectivity index (χ0) is 23.9. The maximum absolute atomic E-state index is 9.84. The average molecular weight is 439 g/mol. The largest absolute Gasteiger partial charge is 0.507 e. The third-order valence-corrected chi connectivity index (χ3v) is 4.43. The summed E-state index contributed by atoms with van der Waals surface area (Å²) in [6.45, 7) is 11.3. The molecule has 0 aliphatic carbocycles. The first-order chi connectivity index (χ1) is 15.4. The summed E-state index contributed by atoms with van der Waals surface area (Å²) in [6.07, 6.45) is 8.53. The topological polar surface area (TPSA) is 92.3 Å². The van der Waals surface area contributed by atoms with Gasteiger partial charge in [-0.2, -0.15) is 5.10 Å². The lowest BCUT2D eigenvalue weighted by molar-refractivity contribution is 0.112. The van der Waals surface area contributed by atoms with Crippen molar-refractivity contribution in [2.45, 2.75) is 27.2 Å². The van der Waals surface area contributed by atoms with E-state index >= 15 is 0 Å². The van der Waals surface area contributed by atoms with Gasteiger partial charge in [0.1, 0.15) is 12.0 Å². The number of phenolic OH excluding ortho intramolecular Hbond substituents is 1. The molecule has 3 aromatic rings. The van der Waals surface area contributed by atoms with Crippen LogP contribution in [-0.4, -0.2) is 41.8 Å². The van der Waals surface area contributed by atoms with Crippen LogP contribution >= 0.6 is 0 Å². The molecule has 3 N–H and O–H groups in total. The zero-order valence-electron chi connectivity index (χ0n) is 19.6. The molecule has 0 saturated heterocycles. The van der Waals surface area contributed by atoms with Crippen LogP contribution in [-0.2, 0) is 0 Å². The molecule has 0 aliphatic rings. The molecule has 0 bridgehead atoms. The van der Waals surface area contributed by atoms with E-state index < -0.39 is 0 Å². The van der Waals surface area contributed by atoms with Crippen molar-refractivity contribution in [3.05, 3.63) is 78.5 Å². The van der Waals surface area contributed by atoms with Gasteiger partial charge in [0.05, 0.1) is 29.4 Å². The zero-order valence-corrected chi connectivity index (χ0v) is 19.6. The summed E-state index contributed by atoms with van der Waals surface area (Å²) >= 11 is 0. The fourth-order valence-electron chi connectivity index (χ4n) is 2.74. The number of para-hydroxylation sites is 1. The van der Waals surface area contributed by atoms with Gasteiger partial charge in [0.2, 0.25) is 0 Å². The number of phenols is 1. The second kappa shape index (κ2) is 14.4. The Balaban J connectivity index is 0.000000349. The average Bonchev–Trinajstić information content (AvgIpc) is 3.45. The number of carbonyl (C=O) groups is 1. The van der Waals surface area contributed by atoms with Crippen molar-refractivity contribution < 1.29 is 14.3 Å². The molecule has 0 fully saturated rings. The van der Waals surface area contributed by atoms with E-state index in [1.807, 2.05) is 50.8 Å². The Morgan fingerprint density at radius 3 is 2.44 bits per heavy atom. The number of aromatic hydroxyl groups is 1. The molecule has 7 nitrogen and oxygen atoms in total. The molecule has 0 unspecified atom stereocenters. The number of aromatic nitrogens is 2. The van der Waals surface area contributed by atoms with E-state index in [0.29, 0.717) is 5.56 Å². The molecular weight excluding hydrogens is 404 g/mol. The lowest BCUT2D eigenvalue weighted by atomic mass is 10.1. The smallest absolute Gasteiger partial charge is 0.153 e. The fraction of sp³-hybridized carbons (Fsp3) is 0.280. The fourth-order valence-corrected chi connectivity index (χ4v) is 2.74. The van der Waals surface area contributed by atoms with Crippen molar-refractivity contribution in [1.82, 2.24) is 15.1 Å². The van der Waals surface area contributed by atoms with Gasteiger partial charge in [-0.25, -0.2) is 4.68 Å². The molecule has 2 aromatic heterocycles. The number of allylic oxidation sites excluding steroid dienone is 3. The van der Waals surface area contributed by atoms with E-state index in [9.17, 15) is 9.90 Å². The lowest BCUT2D eigenvalue weighted by Crippen LogP contribution is -2.04. The summed E-state index contributed by atoms with van der Waals surface area (Å²) in [5, 5.41) is 20.3. The number of anilines is 1. The minimum absolute atomic E-state index is 0.231. The van der Waals surface area contributed by atoms with E-state index in [4.69, 9.17) is 0 Å². The van der Waals surface area contributed by atoms with Crippen LogP contribution in [0.25, 0.3) is 11.3 Å². The highest BCUT2D eigenvalue weighted by atomic mass is 16.3. The molecule has 0 saturated carbocycles. The summed E-state index contributed by atoms with van der Waals surface area (Å²) in [7, 11) is 3.83. The number of aldehydes is 1. The van der Waals surface area contributed by atoms with Crippen LogP contribution in [0.2, 0.25) is 0 Å². The lowest BCUT2D eigenvalue weighted by Gasteiger charge is -2.08. The van der Waals surface area contributed by atoms with Crippen molar-refractivity contribution in [1.29, 1.82) is 0 Å². The molecule has 32 heavy (non-hydrogen) atoms. The Morgan fingerprint density at radius 1 is 1.28 bits per heavy atom. The van der Waals surface area contributed by atoms with Crippen LogP contribution in [0.4, 0.5) is 5.69 Å². The Hall–Kier alpha value is -3.58. The van der Waals surface area contributed by atoms with E-state index in [2.05, 4.69) is 33.7 Å². The maximum atomic E-state index is 9.84. The predicted octanol–water partition coefficient (Wildman–Crippen LogP) is 5.22. The van der Waals surface area contributed by atoms with Gasteiger partial charge in [-0.1, -0.05) is 31.7 Å². The van der Waals surface area contributed by atoms with E-state index in [0.717, 1.165) is 41.0 Å². The van der Waals surface area contributed by atoms with Crippen molar-refractivity contribution in [3.8, 4) is 5.75 Å². The van der Waals surface area contributed by atoms with Crippen molar-refractivity contribution in [2.24, 2.45) is 0 Å². The number of nitrogens with zero attached hydrogens (tertiary/aromatic N) is 2.